The smallest absolute Gasteiger partial charge is 0.230 e. The maximum Gasteiger partial charge on any atom is 0.230 e. The van der Waals surface area contributed by atoms with E-state index in [4.69, 9.17) is 4.74 Å². The Morgan fingerprint density at radius 2 is 2.47 bits per heavy atom. The molecule has 1 rings (SSSR count). The molecule has 0 spiro atoms. The zero-order valence-electron chi connectivity index (χ0n) is 10.3. The summed E-state index contributed by atoms with van der Waals surface area (Å²) in [5, 5.41) is 10.7. The average Bonchev–Trinajstić information content (AvgIpc) is 2.74. The lowest BCUT2D eigenvalue weighted by Gasteiger charge is -2.14. The molecule has 0 bridgehead atoms. The van der Waals surface area contributed by atoms with Gasteiger partial charge in [0.05, 0.1) is 18.4 Å². The van der Waals surface area contributed by atoms with Crippen LogP contribution >= 0.6 is 11.8 Å². The molecule has 6 nitrogen and oxygen atoms in total. The van der Waals surface area contributed by atoms with Crippen molar-refractivity contribution in [1.82, 2.24) is 20.1 Å². The standard InChI is InChI=1S/C10H18N4O2S/c1-8(12-9(15)6-17-3)10-13-11-7-14(10)4-5-16-2/h7-8H,4-6H2,1-3H3,(H,12,15)/t8-/m1/s1. The fraction of sp³-hybridized carbons (Fsp3) is 0.700. The number of amides is 1. The summed E-state index contributed by atoms with van der Waals surface area (Å²) in [7, 11) is 1.65. The first-order valence-corrected chi connectivity index (χ1v) is 6.73. The van der Waals surface area contributed by atoms with Gasteiger partial charge in [-0.25, -0.2) is 0 Å². The molecule has 0 saturated heterocycles. The van der Waals surface area contributed by atoms with Gasteiger partial charge in [0.1, 0.15) is 6.33 Å². The fourth-order valence-electron chi connectivity index (χ4n) is 1.44. The summed E-state index contributed by atoms with van der Waals surface area (Å²) in [6.07, 6.45) is 3.54. The molecule has 0 aliphatic carbocycles. The Labute approximate surface area is 105 Å². The second-order valence-corrected chi connectivity index (χ2v) is 4.46. The first kappa shape index (κ1) is 14.0. The van der Waals surface area contributed by atoms with Gasteiger partial charge in [0, 0.05) is 13.7 Å². The van der Waals surface area contributed by atoms with Crippen LogP contribution in [0.2, 0.25) is 0 Å². The van der Waals surface area contributed by atoms with Crippen LogP contribution < -0.4 is 5.32 Å². The van der Waals surface area contributed by atoms with E-state index < -0.39 is 0 Å². The molecule has 0 unspecified atom stereocenters. The molecule has 1 heterocycles. The second kappa shape index (κ2) is 7.29. The molecule has 17 heavy (non-hydrogen) atoms. The van der Waals surface area contributed by atoms with Crippen LogP contribution in [-0.2, 0) is 16.1 Å². The zero-order valence-corrected chi connectivity index (χ0v) is 11.2. The summed E-state index contributed by atoms with van der Waals surface area (Å²) >= 11 is 1.49. The van der Waals surface area contributed by atoms with Crippen LogP contribution in [0.15, 0.2) is 6.33 Å². The third kappa shape index (κ3) is 4.35. The number of nitrogens with zero attached hydrogens (tertiary/aromatic N) is 3. The van der Waals surface area contributed by atoms with Crippen molar-refractivity contribution in [2.24, 2.45) is 0 Å². The van der Waals surface area contributed by atoms with Gasteiger partial charge in [-0.1, -0.05) is 0 Å². The molecule has 1 aromatic rings. The monoisotopic (exact) mass is 258 g/mol. The van der Waals surface area contributed by atoms with E-state index in [1.54, 1.807) is 13.4 Å². The van der Waals surface area contributed by atoms with Gasteiger partial charge in [-0.15, -0.1) is 10.2 Å². The quantitative estimate of drug-likeness (QED) is 0.769. The highest BCUT2D eigenvalue weighted by atomic mass is 32.2. The molecule has 0 saturated carbocycles. The minimum atomic E-state index is -0.144. The highest BCUT2D eigenvalue weighted by Gasteiger charge is 2.14. The van der Waals surface area contributed by atoms with Crippen molar-refractivity contribution in [3.8, 4) is 0 Å². The van der Waals surface area contributed by atoms with Crippen LogP contribution in [0.25, 0.3) is 0 Å². The summed E-state index contributed by atoms with van der Waals surface area (Å²) in [6.45, 7) is 3.17. The van der Waals surface area contributed by atoms with Gasteiger partial charge in [-0.2, -0.15) is 11.8 Å². The van der Waals surface area contributed by atoms with Crippen molar-refractivity contribution < 1.29 is 9.53 Å². The van der Waals surface area contributed by atoms with E-state index in [0.29, 0.717) is 18.9 Å². The summed E-state index contributed by atoms with van der Waals surface area (Å²) in [5.41, 5.74) is 0. The average molecular weight is 258 g/mol. The Morgan fingerprint density at radius 1 is 1.71 bits per heavy atom. The fourth-order valence-corrected chi connectivity index (χ4v) is 1.79. The molecule has 7 heteroatoms. The van der Waals surface area contributed by atoms with Crippen molar-refractivity contribution in [3.05, 3.63) is 12.2 Å². The number of methoxy groups -OCH3 is 1. The van der Waals surface area contributed by atoms with Gasteiger partial charge < -0.3 is 14.6 Å². The van der Waals surface area contributed by atoms with E-state index >= 15 is 0 Å². The number of rotatable bonds is 7. The van der Waals surface area contributed by atoms with Gasteiger partial charge in [-0.05, 0) is 13.2 Å². The zero-order chi connectivity index (χ0) is 12.7. The maximum atomic E-state index is 11.5. The van der Waals surface area contributed by atoms with E-state index in [9.17, 15) is 4.79 Å². The third-order valence-corrected chi connectivity index (χ3v) is 2.77. The van der Waals surface area contributed by atoms with E-state index in [-0.39, 0.29) is 11.9 Å². The summed E-state index contributed by atoms with van der Waals surface area (Å²) in [4.78, 5) is 11.5. The van der Waals surface area contributed by atoms with Crippen LogP contribution in [0.3, 0.4) is 0 Å². The number of hydrogen-bond donors (Lipinski definition) is 1. The number of aromatic nitrogens is 3. The van der Waals surface area contributed by atoms with Crippen LogP contribution in [0.4, 0.5) is 0 Å². The Morgan fingerprint density at radius 3 is 3.12 bits per heavy atom. The molecule has 1 amide bonds. The van der Waals surface area contributed by atoms with E-state index in [2.05, 4.69) is 15.5 Å². The van der Waals surface area contributed by atoms with Crippen LogP contribution in [0.1, 0.15) is 18.8 Å². The molecule has 1 aromatic heterocycles. The summed E-state index contributed by atoms with van der Waals surface area (Å²) in [6, 6.07) is -0.144. The maximum absolute atomic E-state index is 11.5. The lowest BCUT2D eigenvalue weighted by Crippen LogP contribution is -2.30. The van der Waals surface area contributed by atoms with Gasteiger partial charge in [0.25, 0.3) is 0 Å². The summed E-state index contributed by atoms with van der Waals surface area (Å²) in [5.74, 6) is 1.21. The topological polar surface area (TPSA) is 69.0 Å². The summed E-state index contributed by atoms with van der Waals surface area (Å²) < 4.78 is 6.88. The molecule has 1 N–H and O–H groups in total. The second-order valence-electron chi connectivity index (χ2n) is 3.60. The highest BCUT2D eigenvalue weighted by molar-refractivity contribution is 7.99. The molecule has 0 radical (unpaired) electrons. The predicted molar refractivity (Wildman–Crippen MR) is 66.8 cm³/mol. The number of thioether (sulfide) groups is 1. The Kier molecular flexibility index (Phi) is 5.99. The highest BCUT2D eigenvalue weighted by Crippen LogP contribution is 2.09. The molecule has 96 valence electrons. The predicted octanol–water partition coefficient (Wildman–Crippen LogP) is 0.465. The first-order valence-electron chi connectivity index (χ1n) is 5.34. The van der Waals surface area contributed by atoms with Gasteiger partial charge in [-0.3, -0.25) is 4.79 Å². The van der Waals surface area contributed by atoms with Crippen molar-refractivity contribution in [1.29, 1.82) is 0 Å². The third-order valence-electron chi connectivity index (χ3n) is 2.22. The normalized spacial score (nSPS) is 12.4. The Bertz CT molecular complexity index is 356. The van der Waals surface area contributed by atoms with E-state index in [0.717, 1.165) is 5.82 Å². The van der Waals surface area contributed by atoms with Crippen molar-refractivity contribution >= 4 is 17.7 Å². The van der Waals surface area contributed by atoms with Crippen molar-refractivity contribution in [2.75, 3.05) is 25.7 Å². The molecule has 0 aromatic carbocycles. The van der Waals surface area contributed by atoms with Crippen LogP contribution in [0.5, 0.6) is 0 Å². The van der Waals surface area contributed by atoms with Crippen molar-refractivity contribution in [3.63, 3.8) is 0 Å². The number of carbonyl (C=O) groups excluding carboxylic acids is 1. The van der Waals surface area contributed by atoms with Gasteiger partial charge >= 0.3 is 0 Å². The number of hydrogen-bond acceptors (Lipinski definition) is 5. The molecular formula is C10H18N4O2S. The molecule has 0 fully saturated rings. The largest absolute Gasteiger partial charge is 0.383 e. The SMILES string of the molecule is COCCn1cnnc1[C@@H](C)NC(=O)CSC. The number of ether oxygens (including phenoxy) is 1. The van der Waals surface area contributed by atoms with E-state index in [1.807, 2.05) is 17.7 Å². The molecule has 0 aliphatic heterocycles. The van der Waals surface area contributed by atoms with Crippen LogP contribution in [0, 0.1) is 0 Å². The Balaban J connectivity index is 2.58. The van der Waals surface area contributed by atoms with Crippen molar-refractivity contribution in [2.45, 2.75) is 19.5 Å². The molecule has 0 aliphatic rings. The first-order chi connectivity index (χ1) is 8.19. The number of carbonyl (C=O) groups is 1. The van der Waals surface area contributed by atoms with Gasteiger partial charge in [0.2, 0.25) is 5.91 Å². The van der Waals surface area contributed by atoms with Gasteiger partial charge in [0.15, 0.2) is 5.82 Å². The minimum Gasteiger partial charge on any atom is -0.383 e. The minimum absolute atomic E-state index is 0.00583. The molecular weight excluding hydrogens is 240 g/mol. The Hall–Kier alpha value is -1.08. The van der Waals surface area contributed by atoms with Crippen LogP contribution in [-0.4, -0.2) is 46.4 Å². The molecule has 1 atom stereocenters. The lowest BCUT2D eigenvalue weighted by molar-refractivity contribution is -0.119. The van der Waals surface area contributed by atoms with E-state index in [1.165, 1.54) is 11.8 Å². The number of nitrogens with one attached hydrogen (secondary N) is 1. The lowest BCUT2D eigenvalue weighted by atomic mass is 10.3.